The van der Waals surface area contributed by atoms with E-state index in [1.165, 1.54) is 9.80 Å². The van der Waals surface area contributed by atoms with Gasteiger partial charge in [-0.1, -0.05) is 54.0 Å². The predicted molar refractivity (Wildman–Crippen MR) is 144 cm³/mol. The maximum atomic E-state index is 14.0. The number of para-hydroxylation sites is 1. The molecule has 1 unspecified atom stereocenters. The van der Waals surface area contributed by atoms with Crippen LogP contribution in [0.25, 0.3) is 10.9 Å². The van der Waals surface area contributed by atoms with Crippen LogP contribution < -0.4 is 5.32 Å². The summed E-state index contributed by atoms with van der Waals surface area (Å²) < 4.78 is 0.868. The minimum atomic E-state index is -0.971. The quantitative estimate of drug-likeness (QED) is 0.480. The van der Waals surface area contributed by atoms with Crippen molar-refractivity contribution in [3.05, 3.63) is 64.3 Å². The Morgan fingerprint density at radius 3 is 2.70 bits per heavy atom. The molecule has 3 aromatic rings. The number of nitriles is 1. The highest BCUT2D eigenvalue weighted by atomic mass is 79.9. The van der Waals surface area contributed by atoms with Crippen LogP contribution in [0, 0.1) is 17.2 Å². The van der Waals surface area contributed by atoms with Gasteiger partial charge in [0.05, 0.1) is 11.5 Å². The molecule has 1 saturated heterocycles. The lowest BCUT2D eigenvalue weighted by atomic mass is 9.80. The molecule has 0 saturated carbocycles. The number of anilines is 1. The van der Waals surface area contributed by atoms with Crippen LogP contribution >= 0.6 is 15.9 Å². The van der Waals surface area contributed by atoms with Crippen LogP contribution in [0.1, 0.15) is 42.7 Å². The van der Waals surface area contributed by atoms with Gasteiger partial charge in [0.2, 0.25) is 11.8 Å². The summed E-state index contributed by atoms with van der Waals surface area (Å²) in [5, 5.41) is 13.8. The predicted octanol–water partition coefficient (Wildman–Crippen LogP) is 4.43. The van der Waals surface area contributed by atoms with E-state index in [-0.39, 0.29) is 36.6 Å². The van der Waals surface area contributed by atoms with Crippen LogP contribution in [0.5, 0.6) is 0 Å². The first-order chi connectivity index (χ1) is 17.7. The van der Waals surface area contributed by atoms with Gasteiger partial charge >= 0.3 is 0 Å². The highest BCUT2D eigenvalue weighted by Gasteiger charge is 2.56. The Balaban J connectivity index is 1.46. The zero-order chi connectivity index (χ0) is 26.5. The van der Waals surface area contributed by atoms with Crippen molar-refractivity contribution in [1.29, 1.82) is 5.26 Å². The van der Waals surface area contributed by atoms with Gasteiger partial charge in [-0.25, -0.2) is 0 Å². The van der Waals surface area contributed by atoms with Crippen molar-refractivity contribution in [2.75, 3.05) is 18.9 Å². The fourth-order valence-electron chi connectivity index (χ4n) is 5.61. The minimum Gasteiger partial charge on any atom is -0.350 e. The monoisotopic (exact) mass is 561 g/mol. The average molecular weight is 562 g/mol. The number of halogens is 1. The molecule has 0 bridgehead atoms. The summed E-state index contributed by atoms with van der Waals surface area (Å²) in [6, 6.07) is 15.6. The van der Waals surface area contributed by atoms with Crippen molar-refractivity contribution in [2.45, 2.75) is 44.2 Å². The maximum absolute atomic E-state index is 14.0. The van der Waals surface area contributed by atoms with Crippen LogP contribution in [0.2, 0.25) is 0 Å². The van der Waals surface area contributed by atoms with Crippen LogP contribution in [0.4, 0.5) is 5.69 Å². The number of likely N-dealkylation sites (tertiary alicyclic amines) is 1. The molecular weight excluding hydrogens is 534 g/mol. The number of fused-ring (bicyclic) bond motifs is 3. The van der Waals surface area contributed by atoms with Crippen molar-refractivity contribution >= 4 is 50.2 Å². The van der Waals surface area contributed by atoms with E-state index < -0.39 is 17.5 Å². The molecular formula is C28H28BrN5O3. The number of amides is 3. The number of benzene rings is 2. The number of aromatic nitrogens is 1. The van der Waals surface area contributed by atoms with E-state index in [2.05, 4.69) is 32.3 Å². The van der Waals surface area contributed by atoms with Crippen molar-refractivity contribution in [1.82, 2.24) is 14.8 Å². The normalized spacial score (nSPS) is 21.2. The van der Waals surface area contributed by atoms with E-state index in [4.69, 9.17) is 0 Å². The van der Waals surface area contributed by atoms with E-state index in [1.807, 2.05) is 56.3 Å². The molecule has 5 rings (SSSR count). The Morgan fingerprint density at radius 2 is 2.00 bits per heavy atom. The Bertz CT molecular complexity index is 1460. The third-order valence-electron chi connectivity index (χ3n) is 7.52. The zero-order valence-corrected chi connectivity index (χ0v) is 22.5. The molecule has 0 radical (unpaired) electrons. The van der Waals surface area contributed by atoms with E-state index >= 15 is 0 Å². The summed E-state index contributed by atoms with van der Waals surface area (Å²) in [4.78, 5) is 46.9. The van der Waals surface area contributed by atoms with Gasteiger partial charge in [-0.3, -0.25) is 14.4 Å². The minimum absolute atomic E-state index is 0.100. The molecule has 8 nitrogen and oxygen atoms in total. The fraction of sp³-hybridized carbons (Fsp3) is 0.357. The number of carbonyl (C=O) groups excluding carboxylic acids is 3. The molecule has 3 amide bonds. The molecule has 1 spiro atoms. The van der Waals surface area contributed by atoms with Crippen molar-refractivity contribution in [2.24, 2.45) is 5.92 Å². The Labute approximate surface area is 223 Å². The molecule has 2 aromatic carbocycles. The maximum Gasteiger partial charge on any atom is 0.270 e. The number of nitrogens with zero attached hydrogens (tertiary/aromatic N) is 3. The van der Waals surface area contributed by atoms with Gasteiger partial charge in [0.1, 0.15) is 17.8 Å². The first kappa shape index (κ1) is 25.0. The summed E-state index contributed by atoms with van der Waals surface area (Å²) >= 11 is 3.52. The summed E-state index contributed by atoms with van der Waals surface area (Å²) in [5.74, 6) is -0.706. The lowest BCUT2D eigenvalue weighted by molar-refractivity contribution is -0.136. The van der Waals surface area contributed by atoms with Crippen LogP contribution in [0.3, 0.4) is 0 Å². The number of aromatic amines is 1. The SMILES string of the molecule is CC(C)C[C@@H](C(=O)N1C[C@]2(CC1C#N)C(=O)Nc1ccccc12)N(C)C(=O)c1cc2c(Br)cccc2[nH]1. The second-order valence-electron chi connectivity index (χ2n) is 10.3. The zero-order valence-electron chi connectivity index (χ0n) is 20.9. The second kappa shape index (κ2) is 9.34. The van der Waals surface area contributed by atoms with Crippen molar-refractivity contribution in [3.8, 4) is 6.07 Å². The third kappa shape index (κ3) is 4.09. The summed E-state index contributed by atoms with van der Waals surface area (Å²) in [6.45, 7) is 4.09. The molecule has 1 fully saturated rings. The van der Waals surface area contributed by atoms with Gasteiger partial charge in [-0.2, -0.15) is 5.26 Å². The van der Waals surface area contributed by atoms with Crippen LogP contribution in [0.15, 0.2) is 53.0 Å². The highest BCUT2D eigenvalue weighted by molar-refractivity contribution is 9.10. The van der Waals surface area contributed by atoms with E-state index in [9.17, 15) is 19.6 Å². The Hall–Kier alpha value is -3.64. The number of rotatable bonds is 5. The summed E-state index contributed by atoms with van der Waals surface area (Å²) in [5.41, 5.74) is 1.75. The molecule has 37 heavy (non-hydrogen) atoms. The molecule has 1 aromatic heterocycles. The lowest BCUT2D eigenvalue weighted by Crippen LogP contribution is -2.52. The molecule has 9 heteroatoms. The van der Waals surface area contributed by atoms with Gasteiger partial charge < -0.3 is 20.1 Å². The topological polar surface area (TPSA) is 109 Å². The molecule has 0 aliphatic carbocycles. The Morgan fingerprint density at radius 1 is 1.24 bits per heavy atom. The van der Waals surface area contributed by atoms with E-state index in [0.717, 1.165) is 26.6 Å². The average Bonchev–Trinajstić information content (AvgIpc) is 3.56. The number of nitrogens with one attached hydrogen (secondary N) is 2. The number of likely N-dealkylation sites (N-methyl/N-ethyl adjacent to an activating group) is 1. The summed E-state index contributed by atoms with van der Waals surface area (Å²) in [6.07, 6.45) is 0.648. The number of H-pyrrole nitrogens is 1. The molecule has 3 atom stereocenters. The Kier molecular flexibility index (Phi) is 6.32. The summed E-state index contributed by atoms with van der Waals surface area (Å²) in [7, 11) is 1.62. The van der Waals surface area contributed by atoms with Gasteiger partial charge in [-0.05, 0) is 42.2 Å². The van der Waals surface area contributed by atoms with Gasteiger partial charge in [0, 0.05) is 41.1 Å². The third-order valence-corrected chi connectivity index (χ3v) is 8.22. The van der Waals surface area contributed by atoms with E-state index in [0.29, 0.717) is 12.1 Å². The van der Waals surface area contributed by atoms with Crippen LogP contribution in [-0.4, -0.2) is 58.2 Å². The standard InChI is InChI=1S/C28H28BrN5O3/c1-16(2)11-24(33(3)25(35)23-12-18-20(29)8-6-10-21(18)31-23)26(36)34-15-28(13-17(34)14-30)19-7-4-5-9-22(19)32-27(28)37/h4-10,12,16-17,24,31H,11,13,15H2,1-3H3,(H,32,37)/t17?,24-,28-/m0/s1. The number of carbonyl (C=O) groups is 3. The second-order valence-corrected chi connectivity index (χ2v) is 11.2. The molecule has 3 heterocycles. The van der Waals surface area contributed by atoms with Gasteiger partial charge in [0.15, 0.2) is 0 Å². The number of hydrogen-bond acceptors (Lipinski definition) is 4. The smallest absolute Gasteiger partial charge is 0.270 e. The van der Waals surface area contributed by atoms with Gasteiger partial charge in [-0.15, -0.1) is 0 Å². The number of hydrogen-bond donors (Lipinski definition) is 2. The molecule has 2 aliphatic rings. The highest BCUT2D eigenvalue weighted by Crippen LogP contribution is 2.46. The lowest BCUT2D eigenvalue weighted by Gasteiger charge is -2.33. The van der Waals surface area contributed by atoms with Crippen molar-refractivity contribution < 1.29 is 14.4 Å². The van der Waals surface area contributed by atoms with Crippen molar-refractivity contribution in [3.63, 3.8) is 0 Å². The first-order valence-electron chi connectivity index (χ1n) is 12.3. The van der Waals surface area contributed by atoms with E-state index in [1.54, 1.807) is 13.1 Å². The molecule has 190 valence electrons. The largest absolute Gasteiger partial charge is 0.350 e. The molecule has 2 aliphatic heterocycles. The van der Waals surface area contributed by atoms with Gasteiger partial charge in [0.25, 0.3) is 5.91 Å². The molecule has 2 N–H and O–H groups in total. The fourth-order valence-corrected chi connectivity index (χ4v) is 6.09. The first-order valence-corrected chi connectivity index (χ1v) is 13.1. The van der Waals surface area contributed by atoms with Crippen LogP contribution in [-0.2, 0) is 15.0 Å².